The van der Waals surface area contributed by atoms with Gasteiger partial charge in [-0.3, -0.25) is 0 Å². The number of hydrogen-bond acceptors (Lipinski definition) is 4. The van der Waals surface area contributed by atoms with Gasteiger partial charge in [-0.05, 0) is 19.3 Å². The standard InChI is InChI=1S/C14H20N2O2/c1-3-5-7-11-10-17-16-14(11)13-9-12(18-15-13)8-6-4-2/h9-10H,3-8H2,1-2H3. The van der Waals surface area contributed by atoms with E-state index in [9.17, 15) is 0 Å². The Labute approximate surface area is 107 Å². The van der Waals surface area contributed by atoms with E-state index in [2.05, 4.69) is 24.2 Å². The molecule has 0 aliphatic carbocycles. The van der Waals surface area contributed by atoms with Crippen molar-refractivity contribution in [2.24, 2.45) is 0 Å². The molecular formula is C14H20N2O2. The van der Waals surface area contributed by atoms with E-state index >= 15 is 0 Å². The van der Waals surface area contributed by atoms with Crippen LogP contribution in [0.25, 0.3) is 11.4 Å². The van der Waals surface area contributed by atoms with Gasteiger partial charge in [0.25, 0.3) is 0 Å². The molecule has 0 N–H and O–H groups in total. The van der Waals surface area contributed by atoms with Gasteiger partial charge in [0.05, 0.1) is 0 Å². The molecule has 2 rings (SSSR count). The van der Waals surface area contributed by atoms with Crippen molar-refractivity contribution < 1.29 is 9.05 Å². The first-order chi connectivity index (χ1) is 8.85. The summed E-state index contributed by atoms with van der Waals surface area (Å²) >= 11 is 0. The van der Waals surface area contributed by atoms with Crippen molar-refractivity contribution >= 4 is 0 Å². The fourth-order valence-electron chi connectivity index (χ4n) is 1.91. The Morgan fingerprint density at radius 2 is 1.83 bits per heavy atom. The predicted molar refractivity (Wildman–Crippen MR) is 69.2 cm³/mol. The topological polar surface area (TPSA) is 52.1 Å². The van der Waals surface area contributed by atoms with Crippen LogP contribution in [0.3, 0.4) is 0 Å². The fourth-order valence-corrected chi connectivity index (χ4v) is 1.91. The molecular weight excluding hydrogens is 228 g/mol. The zero-order valence-electron chi connectivity index (χ0n) is 11.1. The van der Waals surface area contributed by atoms with Crippen LogP contribution in [0.15, 0.2) is 21.4 Å². The first kappa shape index (κ1) is 12.9. The van der Waals surface area contributed by atoms with Crippen LogP contribution in [0.1, 0.15) is 50.9 Å². The Kier molecular flexibility index (Phi) is 4.56. The molecule has 0 saturated heterocycles. The number of nitrogens with zero attached hydrogens (tertiary/aromatic N) is 2. The molecule has 0 aliphatic rings. The highest BCUT2D eigenvalue weighted by molar-refractivity contribution is 5.57. The van der Waals surface area contributed by atoms with Crippen LogP contribution in [-0.2, 0) is 12.8 Å². The number of aromatic nitrogens is 2. The van der Waals surface area contributed by atoms with Crippen molar-refractivity contribution in [3.63, 3.8) is 0 Å². The molecule has 2 heterocycles. The summed E-state index contributed by atoms with van der Waals surface area (Å²) in [5.74, 6) is 0.927. The van der Waals surface area contributed by atoms with Gasteiger partial charge in [-0.1, -0.05) is 37.0 Å². The normalized spacial score (nSPS) is 11.0. The lowest BCUT2D eigenvalue weighted by molar-refractivity contribution is 0.380. The fraction of sp³-hybridized carbons (Fsp3) is 0.571. The number of rotatable bonds is 7. The van der Waals surface area contributed by atoms with Crippen LogP contribution in [-0.4, -0.2) is 10.3 Å². The Hall–Kier alpha value is -1.58. The van der Waals surface area contributed by atoms with E-state index in [1.54, 1.807) is 6.26 Å². The Bertz CT molecular complexity index is 474. The Balaban J connectivity index is 2.10. The second-order valence-corrected chi connectivity index (χ2v) is 4.57. The highest BCUT2D eigenvalue weighted by Gasteiger charge is 2.14. The van der Waals surface area contributed by atoms with E-state index in [1.165, 1.54) is 0 Å². The third-order valence-corrected chi connectivity index (χ3v) is 3.02. The van der Waals surface area contributed by atoms with Gasteiger partial charge in [0.1, 0.15) is 23.4 Å². The largest absolute Gasteiger partial charge is 0.364 e. The van der Waals surface area contributed by atoms with Crippen LogP contribution in [0.5, 0.6) is 0 Å². The maximum Gasteiger partial charge on any atom is 0.138 e. The van der Waals surface area contributed by atoms with Gasteiger partial charge >= 0.3 is 0 Å². The van der Waals surface area contributed by atoms with Crippen molar-refractivity contribution in [2.75, 3.05) is 0 Å². The van der Waals surface area contributed by atoms with E-state index in [0.29, 0.717) is 0 Å². The monoisotopic (exact) mass is 248 g/mol. The minimum absolute atomic E-state index is 0.793. The second kappa shape index (κ2) is 6.38. The molecule has 0 radical (unpaired) electrons. The molecule has 0 aliphatic heterocycles. The summed E-state index contributed by atoms with van der Waals surface area (Å²) in [6, 6.07) is 1.98. The van der Waals surface area contributed by atoms with Crippen LogP contribution in [0, 0.1) is 0 Å². The number of aryl methyl sites for hydroxylation is 2. The van der Waals surface area contributed by atoms with Gasteiger partial charge in [0, 0.05) is 18.1 Å². The zero-order chi connectivity index (χ0) is 12.8. The molecule has 2 aromatic heterocycles. The van der Waals surface area contributed by atoms with E-state index in [1.807, 2.05) is 6.07 Å². The lowest BCUT2D eigenvalue weighted by Gasteiger charge is -1.95. The summed E-state index contributed by atoms with van der Waals surface area (Å²) in [6.07, 6.45) is 8.20. The molecule has 0 fully saturated rings. The second-order valence-electron chi connectivity index (χ2n) is 4.57. The smallest absolute Gasteiger partial charge is 0.138 e. The molecule has 0 spiro atoms. The molecule has 0 bridgehead atoms. The first-order valence-corrected chi connectivity index (χ1v) is 6.74. The summed E-state index contributed by atoms with van der Waals surface area (Å²) in [6.45, 7) is 4.34. The molecule has 4 nitrogen and oxygen atoms in total. The number of hydrogen-bond donors (Lipinski definition) is 0. The van der Waals surface area contributed by atoms with Gasteiger partial charge in [0.2, 0.25) is 0 Å². The van der Waals surface area contributed by atoms with Crippen LogP contribution in [0.4, 0.5) is 0 Å². The predicted octanol–water partition coefficient (Wildman–Crippen LogP) is 4.01. The highest BCUT2D eigenvalue weighted by Crippen LogP contribution is 2.23. The van der Waals surface area contributed by atoms with Crippen molar-refractivity contribution in [3.05, 3.63) is 23.7 Å². The summed E-state index contributed by atoms with van der Waals surface area (Å²) in [7, 11) is 0. The van der Waals surface area contributed by atoms with E-state index in [4.69, 9.17) is 9.05 Å². The molecule has 98 valence electrons. The molecule has 0 unspecified atom stereocenters. The minimum atomic E-state index is 0.793. The van der Waals surface area contributed by atoms with Crippen molar-refractivity contribution in [1.29, 1.82) is 0 Å². The van der Waals surface area contributed by atoms with Crippen LogP contribution in [0.2, 0.25) is 0 Å². The third kappa shape index (κ3) is 3.00. The average molecular weight is 248 g/mol. The molecule has 0 atom stereocenters. The minimum Gasteiger partial charge on any atom is -0.364 e. The molecule has 0 saturated carbocycles. The average Bonchev–Trinajstić information content (AvgIpc) is 3.02. The maximum atomic E-state index is 5.32. The quantitative estimate of drug-likeness (QED) is 0.742. The van der Waals surface area contributed by atoms with Crippen molar-refractivity contribution in [1.82, 2.24) is 10.3 Å². The van der Waals surface area contributed by atoms with Crippen molar-refractivity contribution in [2.45, 2.75) is 52.4 Å². The van der Waals surface area contributed by atoms with E-state index in [-0.39, 0.29) is 0 Å². The van der Waals surface area contributed by atoms with Gasteiger partial charge in [0.15, 0.2) is 0 Å². The van der Waals surface area contributed by atoms with E-state index in [0.717, 1.165) is 61.2 Å². The Morgan fingerprint density at radius 1 is 1.06 bits per heavy atom. The van der Waals surface area contributed by atoms with E-state index < -0.39 is 0 Å². The summed E-state index contributed by atoms with van der Waals surface area (Å²) in [4.78, 5) is 0. The van der Waals surface area contributed by atoms with Gasteiger partial charge in [-0.25, -0.2) is 0 Å². The molecule has 18 heavy (non-hydrogen) atoms. The summed E-state index contributed by atoms with van der Waals surface area (Å²) in [5.41, 5.74) is 2.74. The van der Waals surface area contributed by atoms with Crippen LogP contribution < -0.4 is 0 Å². The lowest BCUT2D eigenvalue weighted by Crippen LogP contribution is -1.87. The summed E-state index contributed by atoms with van der Waals surface area (Å²) in [5, 5.41) is 8.12. The van der Waals surface area contributed by atoms with Crippen LogP contribution >= 0.6 is 0 Å². The molecule has 2 aromatic rings. The third-order valence-electron chi connectivity index (χ3n) is 3.02. The van der Waals surface area contributed by atoms with Gasteiger partial charge in [-0.2, -0.15) is 0 Å². The maximum absolute atomic E-state index is 5.32. The highest BCUT2D eigenvalue weighted by atomic mass is 16.5. The summed E-state index contributed by atoms with van der Waals surface area (Å²) < 4.78 is 10.4. The zero-order valence-corrected chi connectivity index (χ0v) is 11.1. The molecule has 0 amide bonds. The SMILES string of the molecule is CCCCc1cc(-c2nocc2CCCC)no1. The lowest BCUT2D eigenvalue weighted by atomic mass is 10.1. The van der Waals surface area contributed by atoms with Gasteiger partial charge < -0.3 is 9.05 Å². The Morgan fingerprint density at radius 3 is 2.61 bits per heavy atom. The number of unbranched alkanes of at least 4 members (excludes halogenated alkanes) is 2. The first-order valence-electron chi connectivity index (χ1n) is 6.74. The molecule has 0 aromatic carbocycles. The van der Waals surface area contributed by atoms with Gasteiger partial charge in [-0.15, -0.1) is 0 Å². The van der Waals surface area contributed by atoms with Crippen molar-refractivity contribution in [3.8, 4) is 11.4 Å². The molecule has 4 heteroatoms.